The van der Waals surface area contributed by atoms with Gasteiger partial charge in [0.15, 0.2) is 0 Å². The second-order valence-corrected chi connectivity index (χ2v) is 8.75. The van der Waals surface area contributed by atoms with Gasteiger partial charge in [-0.2, -0.15) is 5.10 Å². The number of para-hydroxylation sites is 2. The van der Waals surface area contributed by atoms with Crippen LogP contribution in [0.5, 0.6) is 0 Å². The molecule has 0 saturated heterocycles. The first-order valence-corrected chi connectivity index (χ1v) is 11.2. The fraction of sp³-hybridized carbons (Fsp3) is 0.185. The van der Waals surface area contributed by atoms with E-state index in [-0.39, 0.29) is 5.91 Å². The Morgan fingerprint density at radius 3 is 2.55 bits per heavy atom. The maximum Gasteiger partial charge on any atom is 0.227 e. The zero-order valence-electron chi connectivity index (χ0n) is 18.8. The van der Waals surface area contributed by atoms with Crippen molar-refractivity contribution in [2.24, 2.45) is 7.05 Å². The van der Waals surface area contributed by atoms with Crippen LogP contribution in [0.25, 0.3) is 22.4 Å². The fourth-order valence-corrected chi connectivity index (χ4v) is 4.93. The molecule has 0 aliphatic carbocycles. The smallest absolute Gasteiger partial charge is 0.227 e. The molecule has 0 fully saturated rings. The van der Waals surface area contributed by atoms with E-state index in [0.717, 1.165) is 44.8 Å². The maximum absolute atomic E-state index is 13.3. The molecule has 3 aromatic heterocycles. The molecule has 1 aliphatic rings. The summed E-state index contributed by atoms with van der Waals surface area (Å²) in [4.78, 5) is 15.2. The quantitative estimate of drug-likeness (QED) is 0.416. The lowest BCUT2D eigenvalue weighted by atomic mass is 10.1. The molecule has 0 N–H and O–H groups in total. The number of aromatic nitrogens is 4. The minimum Gasteiger partial charge on any atom is -0.350 e. The molecule has 6 nitrogen and oxygen atoms in total. The Morgan fingerprint density at radius 2 is 1.73 bits per heavy atom. The van der Waals surface area contributed by atoms with Crippen molar-refractivity contribution in [3.8, 4) is 11.5 Å². The molecule has 0 bridgehead atoms. The van der Waals surface area contributed by atoms with Gasteiger partial charge in [-0.3, -0.25) is 4.79 Å². The molecule has 0 atom stereocenters. The van der Waals surface area contributed by atoms with Crippen LogP contribution in [0, 0.1) is 6.92 Å². The van der Waals surface area contributed by atoms with Gasteiger partial charge in [-0.15, -0.1) is 0 Å². The van der Waals surface area contributed by atoms with E-state index in [1.807, 2.05) is 65.4 Å². The molecule has 1 aliphatic heterocycles. The maximum atomic E-state index is 13.3. The fourth-order valence-electron chi connectivity index (χ4n) is 4.93. The Hall–Kier alpha value is -4.06. The average molecular weight is 436 g/mol. The highest BCUT2D eigenvalue weighted by atomic mass is 16.2. The first-order valence-electron chi connectivity index (χ1n) is 11.2. The third-order valence-electron chi connectivity index (χ3n) is 6.60. The van der Waals surface area contributed by atoms with Crippen molar-refractivity contribution in [2.75, 3.05) is 0 Å². The van der Waals surface area contributed by atoms with Crippen molar-refractivity contribution in [1.82, 2.24) is 23.8 Å². The van der Waals surface area contributed by atoms with Crippen molar-refractivity contribution in [3.05, 3.63) is 102 Å². The Morgan fingerprint density at radius 1 is 0.970 bits per heavy atom. The van der Waals surface area contributed by atoms with Crippen molar-refractivity contribution in [1.29, 1.82) is 0 Å². The third-order valence-corrected chi connectivity index (χ3v) is 6.60. The summed E-state index contributed by atoms with van der Waals surface area (Å²) in [5.41, 5.74) is 6.52. The zero-order chi connectivity index (χ0) is 22.5. The molecule has 0 spiro atoms. The summed E-state index contributed by atoms with van der Waals surface area (Å²) in [5, 5.41) is 6.11. The highest BCUT2D eigenvalue weighted by Gasteiger charge is 2.31. The number of nitrogens with zero attached hydrogens (tertiary/aromatic N) is 5. The number of aryl methyl sites for hydroxylation is 2. The molecule has 0 unspecified atom stereocenters. The van der Waals surface area contributed by atoms with Crippen molar-refractivity contribution in [3.63, 3.8) is 0 Å². The van der Waals surface area contributed by atoms with Crippen molar-refractivity contribution < 1.29 is 4.79 Å². The van der Waals surface area contributed by atoms with Crippen molar-refractivity contribution >= 4 is 16.8 Å². The normalized spacial score (nSPS) is 13.1. The van der Waals surface area contributed by atoms with Gasteiger partial charge in [-0.05, 0) is 42.3 Å². The van der Waals surface area contributed by atoms with E-state index in [1.165, 1.54) is 0 Å². The Labute approximate surface area is 192 Å². The van der Waals surface area contributed by atoms with E-state index in [4.69, 9.17) is 5.10 Å². The molecule has 0 radical (unpaired) electrons. The lowest BCUT2D eigenvalue weighted by Crippen LogP contribution is -2.27. The van der Waals surface area contributed by atoms with Gasteiger partial charge in [0.1, 0.15) is 5.82 Å². The van der Waals surface area contributed by atoms with Crippen LogP contribution in [-0.4, -0.2) is 29.7 Å². The SMILES string of the molecule is Cc1ccccc1-n1nc2c(c1-n1cccc1)CN(C(=O)Cc1cn(C)c3ccccc13)C2. The van der Waals surface area contributed by atoms with Gasteiger partial charge >= 0.3 is 0 Å². The molecule has 2 aromatic carbocycles. The van der Waals surface area contributed by atoms with E-state index >= 15 is 0 Å². The van der Waals surface area contributed by atoms with Gasteiger partial charge < -0.3 is 14.0 Å². The van der Waals surface area contributed by atoms with Crippen LogP contribution in [0.2, 0.25) is 0 Å². The minimum atomic E-state index is 0.130. The van der Waals surface area contributed by atoms with E-state index < -0.39 is 0 Å². The second-order valence-electron chi connectivity index (χ2n) is 8.75. The van der Waals surface area contributed by atoms with E-state index in [1.54, 1.807) is 0 Å². The van der Waals surface area contributed by atoms with Crippen LogP contribution >= 0.6 is 0 Å². The highest BCUT2D eigenvalue weighted by Crippen LogP contribution is 2.32. The molecular weight excluding hydrogens is 410 g/mol. The Kier molecular flexibility index (Phi) is 4.47. The summed E-state index contributed by atoms with van der Waals surface area (Å²) in [7, 11) is 2.03. The number of hydrogen-bond acceptors (Lipinski definition) is 2. The van der Waals surface area contributed by atoms with Gasteiger partial charge in [0.25, 0.3) is 0 Å². The monoisotopic (exact) mass is 435 g/mol. The van der Waals surface area contributed by atoms with Crippen LogP contribution < -0.4 is 0 Å². The summed E-state index contributed by atoms with van der Waals surface area (Å²) in [6.45, 7) is 3.20. The number of fused-ring (bicyclic) bond motifs is 2. The van der Waals surface area contributed by atoms with Crippen LogP contribution in [-0.2, 0) is 31.4 Å². The second kappa shape index (κ2) is 7.52. The number of rotatable bonds is 4. The van der Waals surface area contributed by atoms with E-state index in [9.17, 15) is 4.79 Å². The summed E-state index contributed by atoms with van der Waals surface area (Å²) in [5.74, 6) is 1.13. The molecule has 33 heavy (non-hydrogen) atoms. The Bertz CT molecular complexity index is 1490. The lowest BCUT2D eigenvalue weighted by molar-refractivity contribution is -0.131. The predicted molar refractivity (Wildman–Crippen MR) is 129 cm³/mol. The third kappa shape index (κ3) is 3.18. The predicted octanol–water partition coefficient (Wildman–Crippen LogP) is 4.55. The number of hydrogen-bond donors (Lipinski definition) is 0. The number of amides is 1. The van der Waals surface area contributed by atoms with E-state index in [0.29, 0.717) is 19.5 Å². The van der Waals surface area contributed by atoms with Crippen LogP contribution in [0.3, 0.4) is 0 Å². The minimum absolute atomic E-state index is 0.130. The number of benzene rings is 2. The number of carbonyl (C=O) groups excluding carboxylic acids is 1. The van der Waals surface area contributed by atoms with Gasteiger partial charge in [0.2, 0.25) is 5.91 Å². The zero-order valence-corrected chi connectivity index (χ0v) is 18.8. The van der Waals surface area contributed by atoms with Crippen molar-refractivity contribution in [2.45, 2.75) is 26.4 Å². The summed E-state index contributed by atoms with van der Waals surface area (Å²) >= 11 is 0. The van der Waals surface area contributed by atoms with Crippen LogP contribution in [0.4, 0.5) is 0 Å². The summed E-state index contributed by atoms with van der Waals surface area (Å²) < 4.78 is 6.21. The molecule has 5 aromatic rings. The first-order chi connectivity index (χ1) is 16.1. The standard InChI is InChI=1S/C27H25N5O/c1-19-9-3-5-11-24(19)32-27(30-13-7-8-14-30)22-17-31(18-23(22)28-32)26(33)15-20-16-29(2)25-12-6-4-10-21(20)25/h3-14,16H,15,17-18H2,1-2H3. The summed E-state index contributed by atoms with van der Waals surface area (Å²) in [6, 6.07) is 20.5. The first kappa shape index (κ1) is 19.6. The van der Waals surface area contributed by atoms with Gasteiger partial charge in [0.05, 0.1) is 30.9 Å². The van der Waals surface area contributed by atoms with E-state index in [2.05, 4.69) is 46.5 Å². The molecule has 4 heterocycles. The molecule has 6 rings (SSSR count). The number of carbonyl (C=O) groups is 1. The molecular formula is C27H25N5O. The van der Waals surface area contributed by atoms with Gasteiger partial charge in [0, 0.05) is 42.1 Å². The largest absolute Gasteiger partial charge is 0.350 e. The van der Waals surface area contributed by atoms with Gasteiger partial charge in [-0.1, -0.05) is 36.4 Å². The molecule has 6 heteroatoms. The molecule has 164 valence electrons. The molecule has 0 saturated carbocycles. The van der Waals surface area contributed by atoms with Gasteiger partial charge in [-0.25, -0.2) is 4.68 Å². The van der Waals surface area contributed by atoms with Crippen LogP contribution in [0.15, 0.2) is 79.3 Å². The van der Waals surface area contributed by atoms with Crippen LogP contribution in [0.1, 0.15) is 22.4 Å². The Balaban J connectivity index is 1.33. The molecule has 1 amide bonds. The summed E-state index contributed by atoms with van der Waals surface area (Å²) in [6.07, 6.45) is 6.53. The lowest BCUT2D eigenvalue weighted by Gasteiger charge is -2.18. The average Bonchev–Trinajstić information content (AvgIpc) is 3.59. The highest BCUT2D eigenvalue weighted by molar-refractivity contribution is 5.89. The topological polar surface area (TPSA) is 48.0 Å².